The molecule has 1 saturated carbocycles. The highest BCUT2D eigenvalue weighted by Crippen LogP contribution is 2.43. The summed E-state index contributed by atoms with van der Waals surface area (Å²) in [5, 5.41) is 7.30. The van der Waals surface area contributed by atoms with Crippen LogP contribution in [0.1, 0.15) is 12.1 Å². The van der Waals surface area contributed by atoms with Gasteiger partial charge in [0.05, 0.1) is 18.4 Å². The van der Waals surface area contributed by atoms with Gasteiger partial charge >= 0.3 is 0 Å². The summed E-state index contributed by atoms with van der Waals surface area (Å²) < 4.78 is 12.5. The van der Waals surface area contributed by atoms with Crippen molar-refractivity contribution in [3.63, 3.8) is 0 Å². The fraction of sp³-hybridized carbons (Fsp3) is 0.714. The number of ether oxygens (including phenoxy) is 2. The summed E-state index contributed by atoms with van der Waals surface area (Å²) in [5.74, 6) is 1.09. The number of hydrogen-bond donors (Lipinski definition) is 2. The van der Waals surface area contributed by atoms with E-state index < -0.39 is 0 Å². The molecular weight excluding hydrogens is 272 g/mol. The molecule has 7 nitrogen and oxygen atoms in total. The fourth-order valence-corrected chi connectivity index (χ4v) is 3.49. The molecule has 0 bridgehead atoms. The van der Waals surface area contributed by atoms with Crippen LogP contribution in [0.2, 0.25) is 0 Å². The quantitative estimate of drug-likeness (QED) is 0.794. The lowest BCUT2D eigenvalue weighted by molar-refractivity contribution is -0.130. The summed E-state index contributed by atoms with van der Waals surface area (Å²) >= 11 is 0. The van der Waals surface area contributed by atoms with E-state index in [1.165, 1.54) is 4.68 Å². The first kappa shape index (κ1) is 14.3. The van der Waals surface area contributed by atoms with E-state index in [0.717, 1.165) is 18.7 Å². The number of carbonyl (C=O) groups excluding carboxylic acids is 1. The van der Waals surface area contributed by atoms with Crippen molar-refractivity contribution in [3.05, 3.63) is 11.8 Å². The van der Waals surface area contributed by atoms with Crippen LogP contribution in [0.15, 0.2) is 6.07 Å². The van der Waals surface area contributed by atoms with E-state index in [9.17, 15) is 4.79 Å². The van der Waals surface area contributed by atoms with Gasteiger partial charge in [0.1, 0.15) is 12.4 Å². The van der Waals surface area contributed by atoms with E-state index >= 15 is 0 Å². The van der Waals surface area contributed by atoms with E-state index in [4.69, 9.17) is 15.2 Å². The van der Waals surface area contributed by atoms with Gasteiger partial charge in [0.2, 0.25) is 5.91 Å². The summed E-state index contributed by atoms with van der Waals surface area (Å²) in [7, 11) is 1.67. The Kier molecular flexibility index (Phi) is 3.86. The van der Waals surface area contributed by atoms with Crippen molar-refractivity contribution in [2.75, 3.05) is 26.1 Å². The van der Waals surface area contributed by atoms with Gasteiger partial charge in [-0.3, -0.25) is 4.79 Å². The number of methoxy groups -OCH3 is 1. The zero-order chi connectivity index (χ0) is 15.0. The van der Waals surface area contributed by atoms with Gasteiger partial charge in [-0.05, 0) is 13.3 Å². The zero-order valence-electron chi connectivity index (χ0n) is 12.4. The maximum Gasteiger partial charge on any atom is 0.242 e. The average Bonchev–Trinajstić information content (AvgIpc) is 2.98. The molecule has 0 radical (unpaired) electrons. The van der Waals surface area contributed by atoms with Crippen molar-refractivity contribution in [2.24, 2.45) is 11.8 Å². The van der Waals surface area contributed by atoms with Gasteiger partial charge in [0.25, 0.3) is 0 Å². The topological polar surface area (TPSA) is 91.4 Å². The molecule has 0 aromatic carbocycles. The Bertz CT molecular complexity index is 530. The first-order valence-corrected chi connectivity index (χ1v) is 7.30. The third kappa shape index (κ3) is 2.63. The number of anilines is 1. The second-order valence-electron chi connectivity index (χ2n) is 5.87. The summed E-state index contributed by atoms with van der Waals surface area (Å²) in [6, 6.07) is 1.88. The number of aryl methyl sites for hydroxylation is 1. The lowest BCUT2D eigenvalue weighted by atomic mass is 9.67. The molecular formula is C14H22N4O3. The highest BCUT2D eigenvalue weighted by molar-refractivity contribution is 5.76. The highest BCUT2D eigenvalue weighted by Gasteiger charge is 2.54. The average molecular weight is 294 g/mol. The first-order valence-electron chi connectivity index (χ1n) is 7.30. The second-order valence-corrected chi connectivity index (χ2v) is 5.87. The Balaban J connectivity index is 1.60. The molecule has 2 aliphatic rings. The molecule has 1 amide bonds. The standard InChI is InChI=1S/C14H22N4O3/c1-8-5-11(15)18(17-8)6-12(19)16-13-9-3-4-21-14(9)10(13)7-20-2/h5,9-10,13-14H,3-4,6-7,15H2,1-2H3,(H,16,19)/t9-,10+,13-,14-/m1/s1. The molecule has 1 saturated heterocycles. The summed E-state index contributed by atoms with van der Waals surface area (Å²) in [5.41, 5.74) is 6.62. The number of rotatable bonds is 5. The smallest absolute Gasteiger partial charge is 0.242 e. The molecule has 1 aromatic rings. The van der Waals surface area contributed by atoms with Crippen LogP contribution in [-0.4, -0.2) is 48.2 Å². The van der Waals surface area contributed by atoms with Crippen LogP contribution in [0.3, 0.4) is 0 Å². The van der Waals surface area contributed by atoms with E-state index in [0.29, 0.717) is 18.3 Å². The van der Waals surface area contributed by atoms with Crippen molar-refractivity contribution < 1.29 is 14.3 Å². The third-order valence-corrected chi connectivity index (χ3v) is 4.44. The van der Waals surface area contributed by atoms with Crippen molar-refractivity contribution in [1.29, 1.82) is 0 Å². The van der Waals surface area contributed by atoms with Gasteiger partial charge in [-0.25, -0.2) is 4.68 Å². The molecule has 1 aliphatic carbocycles. The number of nitrogen functional groups attached to an aromatic ring is 1. The van der Waals surface area contributed by atoms with Gasteiger partial charge in [0.15, 0.2) is 0 Å². The summed E-state index contributed by atoms with van der Waals surface area (Å²) in [4.78, 5) is 12.2. The SMILES string of the molecule is COC[C@H]1[C@H](NC(=O)Cn2nc(C)cc2N)[C@H]2CCO[C@H]21. The van der Waals surface area contributed by atoms with E-state index in [1.54, 1.807) is 13.2 Å². The Labute approximate surface area is 123 Å². The number of hydrogen-bond acceptors (Lipinski definition) is 5. The van der Waals surface area contributed by atoms with Crippen molar-refractivity contribution in [2.45, 2.75) is 32.0 Å². The van der Waals surface area contributed by atoms with Crippen LogP contribution >= 0.6 is 0 Å². The number of nitrogens with two attached hydrogens (primary N) is 1. The Morgan fingerprint density at radius 2 is 2.48 bits per heavy atom. The molecule has 3 rings (SSSR count). The molecule has 7 heteroatoms. The number of nitrogens with zero attached hydrogens (tertiary/aromatic N) is 2. The Hall–Kier alpha value is -1.60. The monoisotopic (exact) mass is 294 g/mol. The maximum absolute atomic E-state index is 12.2. The maximum atomic E-state index is 12.2. The zero-order valence-corrected chi connectivity index (χ0v) is 12.4. The van der Waals surface area contributed by atoms with Crippen molar-refractivity contribution >= 4 is 11.7 Å². The molecule has 1 aliphatic heterocycles. The molecule has 0 unspecified atom stereocenters. The van der Waals surface area contributed by atoms with Crippen LogP contribution in [0.25, 0.3) is 0 Å². The summed E-state index contributed by atoms with van der Waals surface area (Å²) in [6.07, 6.45) is 1.23. The third-order valence-electron chi connectivity index (χ3n) is 4.44. The normalized spacial score (nSPS) is 30.8. The minimum absolute atomic E-state index is 0.0683. The molecule has 4 atom stereocenters. The van der Waals surface area contributed by atoms with Gasteiger partial charge < -0.3 is 20.5 Å². The minimum atomic E-state index is -0.0683. The lowest BCUT2D eigenvalue weighted by Gasteiger charge is -2.47. The molecule has 1 aromatic heterocycles. The van der Waals surface area contributed by atoms with Crippen LogP contribution < -0.4 is 11.1 Å². The van der Waals surface area contributed by atoms with Crippen LogP contribution in [0.5, 0.6) is 0 Å². The number of carbonyl (C=O) groups is 1. The first-order chi connectivity index (χ1) is 10.1. The highest BCUT2D eigenvalue weighted by atomic mass is 16.5. The van der Waals surface area contributed by atoms with Crippen molar-refractivity contribution in [1.82, 2.24) is 15.1 Å². The van der Waals surface area contributed by atoms with Gasteiger partial charge in [-0.15, -0.1) is 0 Å². The Morgan fingerprint density at radius 3 is 3.14 bits per heavy atom. The molecule has 2 heterocycles. The number of aromatic nitrogens is 2. The van der Waals surface area contributed by atoms with Crippen LogP contribution in [0.4, 0.5) is 5.82 Å². The summed E-state index contributed by atoms with van der Waals surface area (Å²) in [6.45, 7) is 3.38. The predicted octanol–water partition coefficient (Wildman–Crippen LogP) is -0.0602. The molecule has 2 fully saturated rings. The molecule has 21 heavy (non-hydrogen) atoms. The van der Waals surface area contributed by atoms with Crippen LogP contribution in [0, 0.1) is 18.8 Å². The van der Waals surface area contributed by atoms with E-state index in [1.807, 2.05) is 6.92 Å². The number of fused-ring (bicyclic) bond motifs is 1. The minimum Gasteiger partial charge on any atom is -0.384 e. The Morgan fingerprint density at radius 1 is 1.67 bits per heavy atom. The van der Waals surface area contributed by atoms with Gasteiger partial charge in [0, 0.05) is 37.7 Å². The second kappa shape index (κ2) is 5.65. The fourth-order valence-electron chi connectivity index (χ4n) is 3.49. The lowest BCUT2D eigenvalue weighted by Crippen LogP contribution is -2.63. The predicted molar refractivity (Wildman–Crippen MR) is 76.5 cm³/mol. The molecule has 0 spiro atoms. The number of amides is 1. The van der Waals surface area contributed by atoms with Gasteiger partial charge in [-0.2, -0.15) is 5.10 Å². The van der Waals surface area contributed by atoms with Gasteiger partial charge in [-0.1, -0.05) is 0 Å². The van der Waals surface area contributed by atoms with E-state index in [2.05, 4.69) is 10.4 Å². The molecule has 116 valence electrons. The van der Waals surface area contributed by atoms with E-state index in [-0.39, 0.29) is 30.5 Å². The largest absolute Gasteiger partial charge is 0.384 e. The van der Waals surface area contributed by atoms with Crippen LogP contribution in [-0.2, 0) is 20.8 Å². The number of nitrogens with one attached hydrogen (secondary N) is 1. The van der Waals surface area contributed by atoms with Crippen molar-refractivity contribution in [3.8, 4) is 0 Å². The molecule has 3 N–H and O–H groups in total.